The summed E-state index contributed by atoms with van der Waals surface area (Å²) in [5.41, 5.74) is 4.40. The fourth-order valence-electron chi connectivity index (χ4n) is 4.25. The molecule has 3 aromatic rings. The van der Waals surface area contributed by atoms with Gasteiger partial charge in [-0.25, -0.2) is 0 Å². The Morgan fingerprint density at radius 2 is 1.74 bits per heavy atom. The second kappa shape index (κ2) is 9.96. The highest BCUT2D eigenvalue weighted by Crippen LogP contribution is 2.37. The largest absolute Gasteiger partial charge is 0.490 e. The highest BCUT2D eigenvalue weighted by molar-refractivity contribution is 8.18. The van der Waals surface area contributed by atoms with Crippen LogP contribution in [0.25, 0.3) is 16.8 Å². The first kappa shape index (κ1) is 24.5. The van der Waals surface area contributed by atoms with Crippen molar-refractivity contribution in [3.8, 4) is 5.75 Å². The van der Waals surface area contributed by atoms with Gasteiger partial charge in [0.15, 0.2) is 0 Å². The first-order valence-corrected chi connectivity index (χ1v) is 12.3. The number of fused-ring (bicyclic) bond motifs is 1. The average Bonchev–Trinajstić information content (AvgIpc) is 3.04. The van der Waals surface area contributed by atoms with E-state index in [-0.39, 0.29) is 17.6 Å². The summed E-state index contributed by atoms with van der Waals surface area (Å²) in [7, 11) is 0. The van der Waals surface area contributed by atoms with Gasteiger partial charge in [-0.05, 0) is 80.4 Å². The molecule has 0 atom stereocenters. The van der Waals surface area contributed by atoms with Crippen LogP contribution in [-0.4, -0.2) is 34.6 Å². The SMILES string of the molecule is Cc1cc(C)c(NC(=O)CN2C(=O)S/C(=C/c3c(OC(C)C)ccc4ccccc34)C2=O)c(C)c1. The quantitative estimate of drug-likeness (QED) is 0.417. The molecule has 35 heavy (non-hydrogen) atoms. The highest BCUT2D eigenvalue weighted by Gasteiger charge is 2.36. The van der Waals surface area contributed by atoms with Crippen LogP contribution >= 0.6 is 11.8 Å². The van der Waals surface area contributed by atoms with E-state index in [1.807, 2.05) is 83.1 Å². The summed E-state index contributed by atoms with van der Waals surface area (Å²) in [5.74, 6) is -0.276. The number of nitrogens with zero attached hydrogens (tertiary/aromatic N) is 1. The number of nitrogens with one attached hydrogen (secondary N) is 1. The number of benzene rings is 3. The molecule has 0 saturated carbocycles. The van der Waals surface area contributed by atoms with Gasteiger partial charge in [-0.1, -0.05) is 48.0 Å². The Balaban J connectivity index is 1.60. The normalized spacial score (nSPS) is 14.9. The van der Waals surface area contributed by atoms with Crippen molar-refractivity contribution in [3.63, 3.8) is 0 Å². The molecule has 0 bridgehead atoms. The summed E-state index contributed by atoms with van der Waals surface area (Å²) in [6.45, 7) is 9.34. The van der Waals surface area contributed by atoms with E-state index in [2.05, 4.69) is 5.32 Å². The molecule has 1 heterocycles. The van der Waals surface area contributed by atoms with Crippen molar-refractivity contribution < 1.29 is 19.1 Å². The molecule has 180 valence electrons. The van der Waals surface area contributed by atoms with E-state index in [4.69, 9.17) is 4.74 Å². The molecule has 0 unspecified atom stereocenters. The number of carbonyl (C=O) groups excluding carboxylic acids is 3. The Kier molecular flexibility index (Phi) is 6.98. The fraction of sp³-hybridized carbons (Fsp3) is 0.250. The molecule has 0 aliphatic carbocycles. The van der Waals surface area contributed by atoms with E-state index < -0.39 is 17.1 Å². The molecule has 1 aliphatic rings. The number of anilines is 1. The summed E-state index contributed by atoms with van der Waals surface area (Å²) in [6.07, 6.45) is 1.63. The van der Waals surface area contributed by atoms with Crippen LogP contribution in [0.1, 0.15) is 36.1 Å². The lowest BCUT2D eigenvalue weighted by Gasteiger charge is -2.16. The smallest absolute Gasteiger partial charge is 0.294 e. The van der Waals surface area contributed by atoms with Crippen molar-refractivity contribution in [1.29, 1.82) is 0 Å². The van der Waals surface area contributed by atoms with Gasteiger partial charge >= 0.3 is 0 Å². The number of rotatable bonds is 6. The molecule has 1 aliphatic heterocycles. The van der Waals surface area contributed by atoms with Crippen LogP contribution in [0.3, 0.4) is 0 Å². The number of thioether (sulfide) groups is 1. The molecule has 0 spiro atoms. The Bertz CT molecular complexity index is 1350. The van der Waals surface area contributed by atoms with Crippen molar-refractivity contribution >= 4 is 51.4 Å². The predicted octanol–water partition coefficient (Wildman–Crippen LogP) is 6.23. The number of imide groups is 1. The van der Waals surface area contributed by atoms with Crippen LogP contribution in [0.5, 0.6) is 5.75 Å². The zero-order chi connectivity index (χ0) is 25.3. The van der Waals surface area contributed by atoms with Crippen molar-refractivity contribution in [1.82, 2.24) is 4.90 Å². The van der Waals surface area contributed by atoms with Crippen LogP contribution in [0.15, 0.2) is 53.4 Å². The number of amides is 3. The summed E-state index contributed by atoms with van der Waals surface area (Å²) >= 11 is 0.832. The molecule has 1 fully saturated rings. The number of hydrogen-bond donors (Lipinski definition) is 1. The van der Waals surface area contributed by atoms with E-state index in [0.29, 0.717) is 11.4 Å². The molecule has 6 nitrogen and oxygen atoms in total. The van der Waals surface area contributed by atoms with Gasteiger partial charge in [0.25, 0.3) is 11.1 Å². The van der Waals surface area contributed by atoms with Crippen LogP contribution in [0, 0.1) is 20.8 Å². The van der Waals surface area contributed by atoms with Gasteiger partial charge in [0.1, 0.15) is 12.3 Å². The Morgan fingerprint density at radius 3 is 2.43 bits per heavy atom. The van der Waals surface area contributed by atoms with Gasteiger partial charge in [-0.3, -0.25) is 19.3 Å². The third kappa shape index (κ3) is 5.25. The number of aryl methyl sites for hydroxylation is 3. The zero-order valence-corrected chi connectivity index (χ0v) is 21.3. The first-order valence-electron chi connectivity index (χ1n) is 11.5. The molecule has 3 amide bonds. The minimum atomic E-state index is -0.490. The molecule has 3 aromatic carbocycles. The maximum Gasteiger partial charge on any atom is 0.294 e. The number of ether oxygens (including phenoxy) is 1. The summed E-state index contributed by atoms with van der Waals surface area (Å²) in [6, 6.07) is 15.6. The lowest BCUT2D eigenvalue weighted by Crippen LogP contribution is -2.36. The summed E-state index contributed by atoms with van der Waals surface area (Å²) < 4.78 is 5.99. The van der Waals surface area contributed by atoms with Gasteiger partial charge in [0.05, 0.1) is 11.0 Å². The van der Waals surface area contributed by atoms with Crippen LogP contribution < -0.4 is 10.1 Å². The zero-order valence-electron chi connectivity index (χ0n) is 20.5. The van der Waals surface area contributed by atoms with E-state index in [0.717, 1.165) is 49.7 Å². The van der Waals surface area contributed by atoms with Gasteiger partial charge in [-0.2, -0.15) is 0 Å². The van der Waals surface area contributed by atoms with Gasteiger partial charge < -0.3 is 10.1 Å². The van der Waals surface area contributed by atoms with E-state index in [1.54, 1.807) is 6.08 Å². The Labute approximate surface area is 209 Å². The van der Waals surface area contributed by atoms with Crippen LogP contribution in [0.2, 0.25) is 0 Å². The number of carbonyl (C=O) groups is 3. The van der Waals surface area contributed by atoms with Crippen molar-refractivity contribution in [2.24, 2.45) is 0 Å². The molecule has 1 saturated heterocycles. The lowest BCUT2D eigenvalue weighted by atomic mass is 10.0. The van der Waals surface area contributed by atoms with Crippen LogP contribution in [-0.2, 0) is 9.59 Å². The van der Waals surface area contributed by atoms with E-state index in [9.17, 15) is 14.4 Å². The molecule has 1 N–H and O–H groups in total. The minimum Gasteiger partial charge on any atom is -0.490 e. The molecule has 0 aromatic heterocycles. The highest BCUT2D eigenvalue weighted by atomic mass is 32.2. The topological polar surface area (TPSA) is 75.7 Å². The maximum atomic E-state index is 13.2. The van der Waals surface area contributed by atoms with Gasteiger partial charge in [-0.15, -0.1) is 0 Å². The lowest BCUT2D eigenvalue weighted by molar-refractivity contribution is -0.127. The van der Waals surface area contributed by atoms with Crippen molar-refractivity contribution in [3.05, 3.63) is 75.7 Å². The fourth-order valence-corrected chi connectivity index (χ4v) is 5.07. The Hall–Kier alpha value is -3.58. The molecular formula is C28H28N2O4S. The molecule has 7 heteroatoms. The Morgan fingerprint density at radius 1 is 1.06 bits per heavy atom. The second-order valence-corrected chi connectivity index (χ2v) is 9.95. The second-order valence-electron chi connectivity index (χ2n) is 8.95. The minimum absolute atomic E-state index is 0.0595. The summed E-state index contributed by atoms with van der Waals surface area (Å²) in [4.78, 5) is 39.8. The molecule has 4 rings (SSSR count). The summed E-state index contributed by atoms with van der Waals surface area (Å²) in [5, 5.41) is 4.30. The van der Waals surface area contributed by atoms with Gasteiger partial charge in [0.2, 0.25) is 5.91 Å². The third-order valence-corrected chi connectivity index (χ3v) is 6.59. The molecule has 0 radical (unpaired) electrons. The van der Waals surface area contributed by atoms with Crippen LogP contribution in [0.4, 0.5) is 10.5 Å². The van der Waals surface area contributed by atoms with E-state index >= 15 is 0 Å². The third-order valence-electron chi connectivity index (χ3n) is 5.69. The van der Waals surface area contributed by atoms with Crippen molar-refractivity contribution in [2.75, 3.05) is 11.9 Å². The first-order chi connectivity index (χ1) is 16.6. The number of hydrogen-bond acceptors (Lipinski definition) is 5. The van der Waals surface area contributed by atoms with Crippen molar-refractivity contribution in [2.45, 2.75) is 40.7 Å². The van der Waals surface area contributed by atoms with Gasteiger partial charge in [0, 0.05) is 11.3 Å². The monoisotopic (exact) mass is 488 g/mol. The average molecular weight is 489 g/mol. The van der Waals surface area contributed by atoms with E-state index in [1.165, 1.54) is 0 Å². The maximum absolute atomic E-state index is 13.2. The predicted molar refractivity (Wildman–Crippen MR) is 142 cm³/mol. The molecular weight excluding hydrogens is 460 g/mol. The standard InChI is InChI=1S/C28H28N2O4S/c1-16(2)34-23-11-10-20-8-6-7-9-21(20)22(23)14-24-27(32)30(28(33)35-24)15-25(31)29-26-18(4)12-17(3)13-19(26)5/h6-14,16H,15H2,1-5H3,(H,29,31)/b24-14+.